The lowest BCUT2D eigenvalue weighted by Crippen LogP contribution is -2.46. The second kappa shape index (κ2) is 47.3. The van der Waals surface area contributed by atoms with Gasteiger partial charge >= 0.3 is 0 Å². The molecule has 0 saturated carbocycles. The number of nitrogens with one attached hydrogen (secondary N) is 1. The molecule has 64 heavy (non-hydrogen) atoms. The van der Waals surface area contributed by atoms with Gasteiger partial charge in [0.2, 0.25) is 5.91 Å². The molecule has 8 nitrogen and oxygen atoms in total. The van der Waals surface area contributed by atoms with Crippen LogP contribution in [0.1, 0.15) is 284 Å². The number of nitrogens with zero attached hydrogens (tertiary/aromatic N) is 1. The Morgan fingerprint density at radius 1 is 0.531 bits per heavy atom. The molecule has 0 heterocycles. The third-order valence-electron chi connectivity index (χ3n) is 13.0. The van der Waals surface area contributed by atoms with Crippen LogP contribution in [0.25, 0.3) is 0 Å². The number of rotatable bonds is 52. The average molecular weight is 927 g/mol. The van der Waals surface area contributed by atoms with Crippen molar-refractivity contribution in [3.8, 4) is 0 Å². The van der Waals surface area contributed by atoms with Gasteiger partial charge in [0.15, 0.2) is 0 Å². The Morgan fingerprint density at radius 2 is 0.859 bits per heavy atom. The highest BCUT2D eigenvalue weighted by molar-refractivity contribution is 7.45. The van der Waals surface area contributed by atoms with Crippen LogP contribution in [0.5, 0.6) is 0 Å². The average Bonchev–Trinajstić information content (AvgIpc) is 3.25. The maximum absolute atomic E-state index is 13.0. The van der Waals surface area contributed by atoms with E-state index in [1.54, 1.807) is 0 Å². The highest BCUT2D eigenvalue weighted by Crippen LogP contribution is 2.38. The van der Waals surface area contributed by atoms with Crippen LogP contribution in [0, 0.1) is 0 Å². The number of quaternary nitrogens is 1. The van der Waals surface area contributed by atoms with Crippen LogP contribution in [0.2, 0.25) is 0 Å². The Bertz CT molecular complexity index is 1050. The van der Waals surface area contributed by atoms with E-state index in [1.165, 1.54) is 218 Å². The Kier molecular flexibility index (Phi) is 46.8. The Labute approximate surface area is 399 Å². The molecule has 0 fully saturated rings. The molecule has 0 aromatic rings. The monoisotopic (exact) mass is 927 g/mol. The van der Waals surface area contributed by atoms with Gasteiger partial charge in [0.1, 0.15) is 13.2 Å². The predicted molar refractivity (Wildman–Crippen MR) is 275 cm³/mol. The number of likely N-dealkylation sites (N-methyl/N-ethyl adjacent to an activating group) is 1. The Morgan fingerprint density at radius 3 is 1.22 bits per heavy atom. The first-order valence-electron chi connectivity index (χ1n) is 28.0. The van der Waals surface area contributed by atoms with Gasteiger partial charge in [-0.05, 0) is 38.5 Å². The third-order valence-corrected chi connectivity index (χ3v) is 14.0. The highest BCUT2D eigenvalue weighted by Gasteiger charge is 2.24. The molecule has 2 N–H and O–H groups in total. The summed E-state index contributed by atoms with van der Waals surface area (Å²) in [5.41, 5.74) is 0. The van der Waals surface area contributed by atoms with E-state index >= 15 is 0 Å². The van der Waals surface area contributed by atoms with Gasteiger partial charge in [-0.2, -0.15) is 0 Å². The van der Waals surface area contributed by atoms with Gasteiger partial charge in [0.25, 0.3) is 7.82 Å². The van der Waals surface area contributed by atoms with Crippen molar-refractivity contribution in [3.05, 3.63) is 12.2 Å². The van der Waals surface area contributed by atoms with Gasteiger partial charge in [-0.3, -0.25) is 9.36 Å². The van der Waals surface area contributed by atoms with E-state index in [9.17, 15) is 19.4 Å². The van der Waals surface area contributed by atoms with Crippen LogP contribution in [0.15, 0.2) is 12.2 Å². The molecule has 0 aromatic heterocycles. The van der Waals surface area contributed by atoms with Gasteiger partial charge in [-0.15, -0.1) is 0 Å². The second-order valence-electron chi connectivity index (χ2n) is 20.6. The molecule has 0 saturated heterocycles. The molecule has 9 heteroatoms. The van der Waals surface area contributed by atoms with Crippen LogP contribution in [-0.2, 0) is 18.4 Å². The first-order valence-corrected chi connectivity index (χ1v) is 29.5. The molecule has 0 bridgehead atoms. The van der Waals surface area contributed by atoms with Crippen LogP contribution in [-0.4, -0.2) is 68.5 Å². The first kappa shape index (κ1) is 63.2. The van der Waals surface area contributed by atoms with E-state index in [0.717, 1.165) is 38.5 Å². The van der Waals surface area contributed by atoms with E-state index in [0.29, 0.717) is 23.9 Å². The SMILES string of the molecule is CCCCCCCCCCC/C=C\CCCCCCCCCC(=O)NC(COP(=O)([O-])OCC[N+](C)(C)C)C(O)CCCCCCCCCCCCCCCCCCCCCCCC. The molecule has 0 spiro atoms. The highest BCUT2D eigenvalue weighted by atomic mass is 31.2. The van der Waals surface area contributed by atoms with Crippen molar-refractivity contribution < 1.29 is 32.9 Å². The summed E-state index contributed by atoms with van der Waals surface area (Å²) in [6.45, 7) is 4.76. The lowest BCUT2D eigenvalue weighted by molar-refractivity contribution is -0.870. The van der Waals surface area contributed by atoms with Crippen LogP contribution >= 0.6 is 7.82 Å². The molecule has 1 amide bonds. The van der Waals surface area contributed by atoms with Crippen LogP contribution in [0.4, 0.5) is 0 Å². The van der Waals surface area contributed by atoms with Crippen LogP contribution < -0.4 is 10.2 Å². The largest absolute Gasteiger partial charge is 0.756 e. The number of aliphatic hydroxyl groups excluding tert-OH is 1. The van der Waals surface area contributed by atoms with Gasteiger partial charge in [0, 0.05) is 6.42 Å². The second-order valence-corrected chi connectivity index (χ2v) is 22.1. The van der Waals surface area contributed by atoms with Crippen molar-refractivity contribution in [1.29, 1.82) is 0 Å². The Balaban J connectivity index is 4.18. The summed E-state index contributed by atoms with van der Waals surface area (Å²) in [5, 5.41) is 14.0. The number of hydrogen-bond donors (Lipinski definition) is 2. The molecule has 0 rings (SSSR count). The minimum Gasteiger partial charge on any atom is -0.756 e. The molecule has 3 unspecified atom stereocenters. The fourth-order valence-corrected chi connectivity index (χ4v) is 9.29. The lowest BCUT2D eigenvalue weighted by Gasteiger charge is -2.30. The zero-order chi connectivity index (χ0) is 47.1. The van der Waals surface area contributed by atoms with E-state index in [1.807, 2.05) is 21.1 Å². The number of carbonyl (C=O) groups excluding carboxylic acids is 1. The molecular formula is C55H111N2O6P. The minimum absolute atomic E-state index is 0.0137. The predicted octanol–water partition coefficient (Wildman–Crippen LogP) is 16.0. The summed E-state index contributed by atoms with van der Waals surface area (Å²) in [6, 6.07) is -0.800. The number of hydrogen-bond acceptors (Lipinski definition) is 6. The Hall–Kier alpha value is -0.760. The third kappa shape index (κ3) is 49.2. The van der Waals surface area contributed by atoms with Crippen molar-refractivity contribution >= 4 is 13.7 Å². The van der Waals surface area contributed by atoms with E-state index in [-0.39, 0.29) is 19.1 Å². The maximum atomic E-state index is 13.0. The summed E-state index contributed by atoms with van der Waals surface area (Å²) in [5.74, 6) is -0.164. The molecule has 0 radical (unpaired) electrons. The van der Waals surface area contributed by atoms with E-state index < -0.39 is 20.0 Å². The summed E-state index contributed by atoms with van der Waals surface area (Å²) in [7, 11) is 1.31. The van der Waals surface area contributed by atoms with E-state index in [2.05, 4.69) is 31.3 Å². The van der Waals surface area contributed by atoms with Crippen LogP contribution in [0.3, 0.4) is 0 Å². The molecular weight excluding hydrogens is 816 g/mol. The number of phosphoric acid groups is 1. The molecule has 382 valence electrons. The number of allylic oxidation sites excluding steroid dienone is 2. The summed E-state index contributed by atoms with van der Waals surface area (Å²) in [4.78, 5) is 25.5. The number of aliphatic hydroxyl groups is 1. The first-order chi connectivity index (χ1) is 31.0. The quantitative estimate of drug-likeness (QED) is 0.0272. The van der Waals surface area contributed by atoms with E-state index in [4.69, 9.17) is 9.05 Å². The normalized spacial score (nSPS) is 14.0. The van der Waals surface area contributed by atoms with Crippen molar-refractivity contribution in [1.82, 2.24) is 5.32 Å². The summed E-state index contributed by atoms with van der Waals surface area (Å²) >= 11 is 0. The number of carbonyl (C=O) groups is 1. The summed E-state index contributed by atoms with van der Waals surface area (Å²) < 4.78 is 23.4. The fourth-order valence-electron chi connectivity index (χ4n) is 8.57. The van der Waals surface area contributed by atoms with Crippen molar-refractivity contribution in [2.75, 3.05) is 40.9 Å². The zero-order valence-electron chi connectivity index (χ0n) is 43.5. The van der Waals surface area contributed by atoms with Gasteiger partial charge in [0.05, 0.1) is 39.9 Å². The topological polar surface area (TPSA) is 108 Å². The molecule has 0 aliphatic heterocycles. The van der Waals surface area contributed by atoms with Gasteiger partial charge < -0.3 is 28.8 Å². The molecule has 0 aliphatic carbocycles. The minimum atomic E-state index is -4.57. The van der Waals surface area contributed by atoms with Crippen molar-refractivity contribution in [3.63, 3.8) is 0 Å². The number of amides is 1. The van der Waals surface area contributed by atoms with Crippen molar-refractivity contribution in [2.24, 2.45) is 0 Å². The summed E-state index contributed by atoms with van der Waals surface area (Å²) in [6.07, 6.45) is 56.6. The maximum Gasteiger partial charge on any atom is 0.268 e. The standard InChI is InChI=1S/C55H111N2O6P/c1-6-8-10-12-14-16-18-20-22-24-26-28-29-30-32-34-36-38-40-42-44-46-48-54(58)53(52-63-64(60,61)62-51-50-57(3,4)5)56-55(59)49-47-45-43-41-39-37-35-33-31-27-25-23-21-19-17-15-13-11-9-7-2/h27,31,53-54,58H,6-26,28-30,32-52H2,1-5H3,(H-,56,59,60,61)/b31-27-. The fraction of sp³-hybridized carbons (Fsp3) is 0.945. The molecule has 0 aromatic carbocycles. The lowest BCUT2D eigenvalue weighted by atomic mass is 10.0. The van der Waals surface area contributed by atoms with Gasteiger partial charge in [-0.1, -0.05) is 251 Å². The number of unbranched alkanes of at least 4 members (excludes halogenated alkanes) is 37. The number of phosphoric ester groups is 1. The van der Waals surface area contributed by atoms with Gasteiger partial charge in [-0.25, -0.2) is 0 Å². The van der Waals surface area contributed by atoms with Crippen molar-refractivity contribution in [2.45, 2.75) is 296 Å². The molecule has 0 aliphatic rings. The zero-order valence-corrected chi connectivity index (χ0v) is 44.4. The molecule has 3 atom stereocenters. The smallest absolute Gasteiger partial charge is 0.268 e.